The van der Waals surface area contributed by atoms with E-state index >= 15 is 0 Å². The zero-order chi connectivity index (χ0) is 14.7. The number of esters is 2. The van der Waals surface area contributed by atoms with Gasteiger partial charge in [0.1, 0.15) is 12.2 Å². The van der Waals surface area contributed by atoms with Crippen LogP contribution in [0.1, 0.15) is 40.0 Å². The Labute approximate surface area is 119 Å². The van der Waals surface area contributed by atoms with E-state index < -0.39 is 0 Å². The molecule has 110 valence electrons. The number of rotatable bonds is 1. The molecule has 0 N–H and O–H groups in total. The molecule has 3 rings (SSSR count). The number of carbonyl (C=O) groups is 2. The Kier molecular flexibility index (Phi) is 2.96. The summed E-state index contributed by atoms with van der Waals surface area (Å²) in [5.41, 5.74) is 0.921. The largest absolute Gasteiger partial charge is 0.462 e. The quantitative estimate of drug-likeness (QED) is 0.546. The van der Waals surface area contributed by atoms with Gasteiger partial charge in [-0.1, -0.05) is 26.0 Å². The van der Waals surface area contributed by atoms with Gasteiger partial charge >= 0.3 is 11.9 Å². The molecule has 0 aromatic rings. The molecule has 0 bridgehead atoms. The van der Waals surface area contributed by atoms with Crippen molar-refractivity contribution < 1.29 is 19.1 Å². The predicted octanol–water partition coefficient (Wildman–Crippen LogP) is 2.47. The van der Waals surface area contributed by atoms with E-state index in [1.807, 2.05) is 6.92 Å². The minimum Gasteiger partial charge on any atom is -0.462 e. The van der Waals surface area contributed by atoms with E-state index in [-0.39, 0.29) is 47.3 Å². The van der Waals surface area contributed by atoms with Gasteiger partial charge in [0.2, 0.25) is 0 Å². The smallest absolute Gasteiger partial charge is 0.309 e. The van der Waals surface area contributed by atoms with Gasteiger partial charge < -0.3 is 9.47 Å². The number of hydrogen-bond donors (Lipinski definition) is 0. The van der Waals surface area contributed by atoms with E-state index in [4.69, 9.17) is 9.47 Å². The van der Waals surface area contributed by atoms with Crippen molar-refractivity contribution in [2.45, 2.75) is 52.2 Å². The highest BCUT2D eigenvalue weighted by Crippen LogP contribution is 2.59. The van der Waals surface area contributed by atoms with Crippen molar-refractivity contribution in [1.82, 2.24) is 0 Å². The van der Waals surface area contributed by atoms with E-state index in [1.165, 1.54) is 6.92 Å². The van der Waals surface area contributed by atoms with Gasteiger partial charge in [-0.2, -0.15) is 0 Å². The fourth-order valence-electron chi connectivity index (χ4n) is 4.56. The minimum absolute atomic E-state index is 0.0230. The van der Waals surface area contributed by atoms with E-state index in [9.17, 15) is 9.59 Å². The van der Waals surface area contributed by atoms with Gasteiger partial charge in [0.15, 0.2) is 0 Å². The van der Waals surface area contributed by atoms with Gasteiger partial charge in [0.05, 0.1) is 5.92 Å². The molecule has 3 aliphatic rings. The zero-order valence-corrected chi connectivity index (χ0v) is 12.3. The van der Waals surface area contributed by atoms with Crippen molar-refractivity contribution in [2.24, 2.45) is 23.2 Å². The second-order valence-corrected chi connectivity index (χ2v) is 6.84. The van der Waals surface area contributed by atoms with E-state index in [2.05, 4.69) is 13.5 Å². The summed E-state index contributed by atoms with van der Waals surface area (Å²) >= 11 is 0. The SMILES string of the molecule is C=C1C[C@@H](OC(C)=O)[C@]2(C)CC[C@@H]3[C@H](OC(=O)[C@@H]3C)[C@@H]12. The summed E-state index contributed by atoms with van der Waals surface area (Å²) in [5.74, 6) is 0.0506. The summed E-state index contributed by atoms with van der Waals surface area (Å²) in [6.45, 7) is 9.72. The summed E-state index contributed by atoms with van der Waals surface area (Å²) in [6.07, 6.45) is 2.39. The highest BCUT2D eigenvalue weighted by Gasteiger charge is 2.61. The lowest BCUT2D eigenvalue weighted by Gasteiger charge is -2.44. The van der Waals surface area contributed by atoms with Gasteiger partial charge in [-0.25, -0.2) is 0 Å². The second-order valence-electron chi connectivity index (χ2n) is 6.84. The normalized spacial score (nSPS) is 46.6. The lowest BCUT2D eigenvalue weighted by atomic mass is 9.62. The average Bonchev–Trinajstić information content (AvgIpc) is 2.76. The van der Waals surface area contributed by atoms with Gasteiger partial charge in [-0.05, 0) is 12.8 Å². The van der Waals surface area contributed by atoms with Crippen molar-refractivity contribution in [3.63, 3.8) is 0 Å². The van der Waals surface area contributed by atoms with Crippen molar-refractivity contribution in [2.75, 3.05) is 0 Å². The summed E-state index contributed by atoms with van der Waals surface area (Å²) in [4.78, 5) is 23.2. The van der Waals surface area contributed by atoms with Crippen LogP contribution in [0.25, 0.3) is 0 Å². The maximum Gasteiger partial charge on any atom is 0.309 e. The Hall–Kier alpha value is -1.32. The Morgan fingerprint density at radius 1 is 1.50 bits per heavy atom. The molecule has 1 aliphatic heterocycles. The molecule has 2 saturated carbocycles. The van der Waals surface area contributed by atoms with Crippen LogP contribution < -0.4 is 0 Å². The van der Waals surface area contributed by atoms with Crippen LogP contribution in [0.2, 0.25) is 0 Å². The fraction of sp³-hybridized carbons (Fsp3) is 0.750. The summed E-state index contributed by atoms with van der Waals surface area (Å²) < 4.78 is 11.2. The number of fused-ring (bicyclic) bond motifs is 3. The van der Waals surface area contributed by atoms with Gasteiger partial charge in [0.25, 0.3) is 0 Å². The van der Waals surface area contributed by atoms with Crippen molar-refractivity contribution in [1.29, 1.82) is 0 Å². The minimum atomic E-state index is -0.247. The third-order valence-corrected chi connectivity index (χ3v) is 5.67. The van der Waals surface area contributed by atoms with Crippen molar-refractivity contribution in [3.05, 3.63) is 12.2 Å². The van der Waals surface area contributed by atoms with Crippen LogP contribution in [-0.2, 0) is 19.1 Å². The lowest BCUT2D eigenvalue weighted by Crippen LogP contribution is -2.47. The molecule has 0 amide bonds. The summed E-state index contributed by atoms with van der Waals surface area (Å²) in [7, 11) is 0. The number of carbonyl (C=O) groups excluding carboxylic acids is 2. The molecule has 20 heavy (non-hydrogen) atoms. The van der Waals surface area contributed by atoms with Crippen molar-refractivity contribution >= 4 is 11.9 Å². The second kappa shape index (κ2) is 4.34. The first kappa shape index (κ1) is 13.7. The van der Waals surface area contributed by atoms with Crippen LogP contribution in [0.3, 0.4) is 0 Å². The third-order valence-electron chi connectivity index (χ3n) is 5.67. The molecule has 0 spiro atoms. The maximum atomic E-state index is 11.9. The maximum absolute atomic E-state index is 11.9. The Bertz CT molecular complexity index is 483. The first-order chi connectivity index (χ1) is 9.34. The van der Waals surface area contributed by atoms with Gasteiger partial charge in [-0.3, -0.25) is 9.59 Å². The van der Waals surface area contributed by atoms with Crippen LogP contribution in [0.15, 0.2) is 12.2 Å². The molecule has 0 aromatic carbocycles. The lowest BCUT2D eigenvalue weighted by molar-refractivity contribution is -0.159. The first-order valence-electron chi connectivity index (χ1n) is 7.40. The molecule has 0 aromatic heterocycles. The molecule has 1 saturated heterocycles. The Morgan fingerprint density at radius 2 is 2.20 bits per heavy atom. The summed E-state index contributed by atoms with van der Waals surface area (Å²) in [6, 6.07) is 0. The summed E-state index contributed by atoms with van der Waals surface area (Å²) in [5, 5.41) is 0. The molecule has 4 nitrogen and oxygen atoms in total. The molecule has 6 atom stereocenters. The van der Waals surface area contributed by atoms with E-state index in [1.54, 1.807) is 0 Å². The number of hydrogen-bond acceptors (Lipinski definition) is 4. The zero-order valence-electron chi connectivity index (χ0n) is 12.3. The highest BCUT2D eigenvalue weighted by molar-refractivity contribution is 5.75. The molecule has 0 radical (unpaired) electrons. The van der Waals surface area contributed by atoms with Gasteiger partial charge in [-0.15, -0.1) is 0 Å². The monoisotopic (exact) mass is 278 g/mol. The molecule has 3 fully saturated rings. The van der Waals surface area contributed by atoms with Crippen LogP contribution in [0.5, 0.6) is 0 Å². The standard InChI is InChI=1S/C16H22O4/c1-8-7-12(19-10(3)17)16(4)6-5-11-9(2)15(18)20-14(11)13(8)16/h9,11-14H,1,5-7H2,2-4H3/t9-,11+,12-,13-,14+,16+/m1/s1. The number of ether oxygens (including phenoxy) is 2. The van der Waals surface area contributed by atoms with Crippen LogP contribution in [0.4, 0.5) is 0 Å². The fourth-order valence-corrected chi connectivity index (χ4v) is 4.56. The average molecular weight is 278 g/mol. The predicted molar refractivity (Wildman–Crippen MR) is 72.7 cm³/mol. The van der Waals surface area contributed by atoms with E-state index in [0.29, 0.717) is 6.42 Å². The topological polar surface area (TPSA) is 52.6 Å². The molecular formula is C16H22O4. The Morgan fingerprint density at radius 3 is 2.85 bits per heavy atom. The molecule has 0 unspecified atom stereocenters. The van der Waals surface area contributed by atoms with Crippen LogP contribution in [0, 0.1) is 23.2 Å². The first-order valence-corrected chi connectivity index (χ1v) is 7.40. The van der Waals surface area contributed by atoms with Gasteiger partial charge in [0, 0.05) is 30.6 Å². The van der Waals surface area contributed by atoms with Crippen LogP contribution in [-0.4, -0.2) is 24.1 Å². The third kappa shape index (κ3) is 1.73. The van der Waals surface area contributed by atoms with E-state index in [0.717, 1.165) is 18.4 Å². The molecule has 1 heterocycles. The molecule has 4 heteroatoms. The Balaban J connectivity index is 1.92. The van der Waals surface area contributed by atoms with Crippen LogP contribution >= 0.6 is 0 Å². The molecular weight excluding hydrogens is 256 g/mol. The van der Waals surface area contributed by atoms with Crippen molar-refractivity contribution in [3.8, 4) is 0 Å². The molecule has 2 aliphatic carbocycles. The highest BCUT2D eigenvalue weighted by atomic mass is 16.6.